The van der Waals surface area contributed by atoms with E-state index in [0.29, 0.717) is 57.5 Å². The number of nitrogens with one attached hydrogen (secondary N) is 2. The molecule has 1 unspecified atom stereocenters. The van der Waals surface area contributed by atoms with Crippen molar-refractivity contribution in [2.75, 3.05) is 24.4 Å². The lowest BCUT2D eigenvalue weighted by Crippen LogP contribution is -2.31. The number of para-hydroxylation sites is 2. The number of carbonyl (C=O) groups is 1. The lowest BCUT2D eigenvalue weighted by atomic mass is 9.95. The van der Waals surface area contributed by atoms with Gasteiger partial charge in [-0.05, 0) is 55.3 Å². The van der Waals surface area contributed by atoms with Crippen LogP contribution in [0.4, 0.5) is 16.0 Å². The number of hydrogen-bond donors (Lipinski definition) is 2. The first kappa shape index (κ1) is 26.3. The van der Waals surface area contributed by atoms with E-state index in [2.05, 4.69) is 15.6 Å². The van der Waals surface area contributed by atoms with Gasteiger partial charge >= 0.3 is 0 Å². The summed E-state index contributed by atoms with van der Waals surface area (Å²) in [5.74, 6) is 1.59. The predicted octanol–water partition coefficient (Wildman–Crippen LogP) is 6.04. The molecule has 1 amide bonds. The summed E-state index contributed by atoms with van der Waals surface area (Å²) in [6.45, 7) is 4.20. The second-order valence-electron chi connectivity index (χ2n) is 8.77. The molecule has 2 N–H and O–H groups in total. The van der Waals surface area contributed by atoms with E-state index in [9.17, 15) is 9.18 Å². The van der Waals surface area contributed by atoms with Gasteiger partial charge in [-0.25, -0.2) is 9.07 Å². The standard InChI is InChI=1S/C29H28FN5O3S/c1-4-38-24-12-8-7-11-23(24)32-27(36)25-18(2)31-28-33-29(39-17-20-9-5-6-10-22(20)30)34-35(28)26(25)19-13-15-21(37-3)16-14-19/h5-16,26H,4,17H2,1-3H3,(H,32,36)(H,31,33,34). The number of ether oxygens (including phenoxy) is 2. The number of rotatable bonds is 9. The fraction of sp³-hybridized carbons (Fsp3) is 0.207. The Hall–Kier alpha value is -4.31. The molecule has 0 bridgehead atoms. The average molecular weight is 546 g/mol. The van der Waals surface area contributed by atoms with E-state index in [1.54, 1.807) is 36.1 Å². The maximum absolute atomic E-state index is 14.2. The molecule has 0 radical (unpaired) electrons. The van der Waals surface area contributed by atoms with Gasteiger partial charge in [-0.2, -0.15) is 4.98 Å². The van der Waals surface area contributed by atoms with Crippen LogP contribution in [0.15, 0.2) is 89.2 Å². The SMILES string of the molecule is CCOc1ccccc1NC(=O)C1=C(C)Nc2nc(SCc3ccccc3F)nn2C1c1ccc(OC)cc1. The summed E-state index contributed by atoms with van der Waals surface area (Å²) < 4.78 is 26.9. The fourth-order valence-electron chi connectivity index (χ4n) is 4.38. The van der Waals surface area contributed by atoms with Crippen molar-refractivity contribution in [3.8, 4) is 11.5 Å². The van der Waals surface area contributed by atoms with Gasteiger partial charge in [-0.3, -0.25) is 4.79 Å². The monoisotopic (exact) mass is 545 g/mol. The number of thioether (sulfide) groups is 1. The maximum atomic E-state index is 14.2. The molecule has 39 heavy (non-hydrogen) atoms. The lowest BCUT2D eigenvalue weighted by molar-refractivity contribution is -0.113. The van der Waals surface area contributed by atoms with Gasteiger partial charge in [-0.1, -0.05) is 54.2 Å². The molecule has 1 aliphatic heterocycles. The van der Waals surface area contributed by atoms with Crippen LogP contribution in [0.3, 0.4) is 0 Å². The van der Waals surface area contributed by atoms with E-state index in [-0.39, 0.29) is 11.7 Å². The fourth-order valence-corrected chi connectivity index (χ4v) is 5.20. The Labute approximate surface area is 230 Å². The number of aromatic nitrogens is 3. The van der Waals surface area contributed by atoms with Crippen molar-refractivity contribution in [1.82, 2.24) is 14.8 Å². The molecule has 200 valence electrons. The summed E-state index contributed by atoms with van der Waals surface area (Å²) in [6, 6.07) is 20.9. The van der Waals surface area contributed by atoms with Crippen molar-refractivity contribution in [2.45, 2.75) is 30.8 Å². The molecule has 1 atom stereocenters. The van der Waals surface area contributed by atoms with Crippen LogP contribution in [-0.2, 0) is 10.5 Å². The second kappa shape index (κ2) is 11.6. The van der Waals surface area contributed by atoms with Gasteiger partial charge in [0, 0.05) is 11.4 Å². The van der Waals surface area contributed by atoms with Gasteiger partial charge in [0.05, 0.1) is 25.0 Å². The lowest BCUT2D eigenvalue weighted by Gasteiger charge is -2.29. The molecule has 8 nitrogen and oxygen atoms in total. The highest BCUT2D eigenvalue weighted by Gasteiger charge is 2.34. The van der Waals surface area contributed by atoms with E-state index in [1.807, 2.05) is 56.3 Å². The van der Waals surface area contributed by atoms with Crippen LogP contribution >= 0.6 is 11.8 Å². The van der Waals surface area contributed by atoms with Gasteiger partial charge in [0.15, 0.2) is 0 Å². The number of allylic oxidation sites excluding steroid dienone is 1. The van der Waals surface area contributed by atoms with E-state index >= 15 is 0 Å². The van der Waals surface area contributed by atoms with Crippen LogP contribution in [0.2, 0.25) is 0 Å². The number of halogens is 1. The third-order valence-corrected chi connectivity index (χ3v) is 7.15. The second-order valence-corrected chi connectivity index (χ2v) is 9.71. The molecule has 3 aromatic carbocycles. The van der Waals surface area contributed by atoms with Gasteiger partial charge in [0.2, 0.25) is 11.1 Å². The van der Waals surface area contributed by atoms with Gasteiger partial charge < -0.3 is 20.1 Å². The summed E-state index contributed by atoms with van der Waals surface area (Å²) in [5.41, 5.74) is 3.10. The van der Waals surface area contributed by atoms with Gasteiger partial charge in [-0.15, -0.1) is 5.10 Å². The third-order valence-electron chi connectivity index (χ3n) is 6.26. The van der Waals surface area contributed by atoms with Crippen LogP contribution in [0.5, 0.6) is 11.5 Å². The molecule has 2 heterocycles. The Kier molecular flexibility index (Phi) is 7.83. The number of anilines is 2. The minimum atomic E-state index is -0.568. The zero-order valence-corrected chi connectivity index (χ0v) is 22.6. The summed E-state index contributed by atoms with van der Waals surface area (Å²) in [4.78, 5) is 18.5. The molecule has 4 aromatic rings. The molecule has 0 aliphatic carbocycles. The molecule has 0 saturated heterocycles. The quantitative estimate of drug-likeness (QED) is 0.248. The molecular weight excluding hydrogens is 517 g/mol. The predicted molar refractivity (Wildman–Crippen MR) is 150 cm³/mol. The number of methoxy groups -OCH3 is 1. The van der Waals surface area contributed by atoms with Crippen LogP contribution in [-0.4, -0.2) is 34.4 Å². The van der Waals surface area contributed by atoms with Gasteiger partial charge in [0.25, 0.3) is 5.91 Å². The Balaban J connectivity index is 1.50. The van der Waals surface area contributed by atoms with Gasteiger partial charge in [0.1, 0.15) is 23.4 Å². The molecule has 5 rings (SSSR count). The van der Waals surface area contributed by atoms with E-state index in [0.717, 1.165) is 5.56 Å². The molecule has 0 spiro atoms. The minimum Gasteiger partial charge on any atom is -0.497 e. The zero-order chi connectivity index (χ0) is 27.4. The van der Waals surface area contributed by atoms with Crippen molar-refractivity contribution >= 4 is 29.3 Å². The topological polar surface area (TPSA) is 90.3 Å². The number of benzene rings is 3. The van der Waals surface area contributed by atoms with Crippen molar-refractivity contribution in [3.63, 3.8) is 0 Å². The Bertz CT molecular complexity index is 1520. The largest absolute Gasteiger partial charge is 0.497 e. The Morgan fingerprint density at radius 1 is 1.10 bits per heavy atom. The normalized spacial score (nSPS) is 14.4. The van der Waals surface area contributed by atoms with Crippen LogP contribution in [0.1, 0.15) is 31.0 Å². The summed E-state index contributed by atoms with van der Waals surface area (Å²) in [7, 11) is 1.60. The molecule has 1 aliphatic rings. The van der Waals surface area contributed by atoms with Crippen molar-refractivity contribution in [1.29, 1.82) is 0 Å². The summed E-state index contributed by atoms with van der Waals surface area (Å²) in [5, 5.41) is 11.4. The van der Waals surface area contributed by atoms with Crippen molar-refractivity contribution < 1.29 is 18.7 Å². The number of fused-ring (bicyclic) bond motifs is 1. The number of nitrogens with zero attached hydrogens (tertiary/aromatic N) is 3. The van der Waals surface area contributed by atoms with E-state index < -0.39 is 6.04 Å². The zero-order valence-electron chi connectivity index (χ0n) is 21.8. The first-order valence-electron chi connectivity index (χ1n) is 12.5. The molecule has 0 fully saturated rings. The molecular formula is C29H28FN5O3S. The molecule has 0 saturated carbocycles. The van der Waals surface area contributed by atoms with Crippen molar-refractivity contribution in [3.05, 3.63) is 101 Å². The average Bonchev–Trinajstić information content (AvgIpc) is 3.35. The minimum absolute atomic E-state index is 0.271. The number of hydrogen-bond acceptors (Lipinski definition) is 7. The smallest absolute Gasteiger partial charge is 0.255 e. The number of amides is 1. The highest BCUT2D eigenvalue weighted by Crippen LogP contribution is 2.38. The van der Waals surface area contributed by atoms with Crippen LogP contribution < -0.4 is 20.1 Å². The highest BCUT2D eigenvalue weighted by atomic mass is 32.2. The molecule has 1 aromatic heterocycles. The van der Waals surface area contributed by atoms with E-state index in [4.69, 9.17) is 14.6 Å². The van der Waals surface area contributed by atoms with E-state index in [1.165, 1.54) is 17.8 Å². The van der Waals surface area contributed by atoms with Crippen molar-refractivity contribution in [2.24, 2.45) is 0 Å². The first-order chi connectivity index (χ1) is 19.0. The third kappa shape index (κ3) is 5.61. The maximum Gasteiger partial charge on any atom is 0.255 e. The molecule has 10 heteroatoms. The highest BCUT2D eigenvalue weighted by molar-refractivity contribution is 7.98. The summed E-state index contributed by atoms with van der Waals surface area (Å²) in [6.07, 6.45) is 0. The summed E-state index contributed by atoms with van der Waals surface area (Å²) >= 11 is 1.33. The first-order valence-corrected chi connectivity index (χ1v) is 13.4. The number of carbonyl (C=O) groups excluding carboxylic acids is 1. The van der Waals surface area contributed by atoms with Crippen LogP contribution in [0, 0.1) is 5.82 Å². The van der Waals surface area contributed by atoms with Crippen LogP contribution in [0.25, 0.3) is 0 Å². The Morgan fingerprint density at radius 2 is 1.85 bits per heavy atom. The Morgan fingerprint density at radius 3 is 2.59 bits per heavy atom.